The molecular weight excluding hydrogens is 1400 g/mol. The lowest BCUT2D eigenvalue weighted by Crippen LogP contribution is -2.43. The molecule has 0 unspecified atom stereocenters. The van der Waals surface area contributed by atoms with Gasteiger partial charge in [0, 0.05) is 65.1 Å². The van der Waals surface area contributed by atoms with E-state index in [2.05, 4.69) is 425 Å². The van der Waals surface area contributed by atoms with Crippen LogP contribution >= 0.6 is 0 Å². The minimum Gasteiger partial charge on any atom is -0.201 e. The lowest BCUT2D eigenvalue weighted by Gasteiger charge is -2.49. The van der Waals surface area contributed by atoms with Crippen LogP contribution in [0.2, 0.25) is 0 Å². The summed E-state index contributed by atoms with van der Waals surface area (Å²) in [5.41, 5.74) is 44.3. The summed E-state index contributed by atoms with van der Waals surface area (Å²) in [4.78, 5) is 0. The molecule has 0 spiro atoms. The standard InChI is InChI=1S/2C30H32N.2C26H24N/c1-19-14-15-31(7)27(16-19)23-18-24-26(17-20(23)2)30(5,6)29(3,4)25-13-12-21-10-8-9-11-22(21)28(24)25;1-19-14-15-31(7)27(16-19)24-18-25-23-13-12-21-10-8-9-11-22(21)28(23)30(5,6)29(3,4)26(25)17-20(24)2;1-17-14-15-27(3)24(16-17)25-18(2)8-12-23-22(25)13-11-20-10-9-19-6-4-5-7-21(19)26(20)23;1-17-12-13-27(3)25(14-17)26-18(2)8-10-22-23(26)11-9-21-15-19-6-4-5-7-20(19)16-24(21)22/h2*8-18H,1-7H3;4-10,12,14-16H,11,13H2,1-3H3;4-8,10,12-16H,9,11H2,1-3H3/q4*+1. The van der Waals surface area contributed by atoms with E-state index in [1.165, 1.54) is 222 Å². The van der Waals surface area contributed by atoms with E-state index in [0.717, 1.165) is 25.7 Å². The van der Waals surface area contributed by atoms with Crippen molar-refractivity contribution in [2.45, 2.75) is 158 Å². The van der Waals surface area contributed by atoms with Crippen molar-refractivity contribution in [3.63, 3.8) is 0 Å². The molecule has 0 atom stereocenters. The van der Waals surface area contributed by atoms with Crippen molar-refractivity contribution < 1.29 is 18.3 Å². The molecule has 20 rings (SSSR count). The summed E-state index contributed by atoms with van der Waals surface area (Å²) in [7, 11) is 8.59. The number of hydrogen-bond donors (Lipinski definition) is 0. The van der Waals surface area contributed by atoms with Crippen LogP contribution in [-0.2, 0) is 75.5 Å². The highest BCUT2D eigenvalue weighted by molar-refractivity contribution is 6.04. The number of benzene rings is 12. The summed E-state index contributed by atoms with van der Waals surface area (Å²) in [6.07, 6.45) is 13.1. The van der Waals surface area contributed by atoms with Crippen LogP contribution < -0.4 is 18.3 Å². The van der Waals surface area contributed by atoms with Crippen molar-refractivity contribution >= 4 is 43.1 Å². The molecule has 576 valence electrons. The highest BCUT2D eigenvalue weighted by Gasteiger charge is 2.49. The largest absolute Gasteiger partial charge is 0.213 e. The molecule has 0 aliphatic heterocycles. The average molecular weight is 1510 g/mol. The minimum atomic E-state index is 0.0114. The molecule has 0 saturated carbocycles. The Morgan fingerprint density at radius 2 is 0.621 bits per heavy atom. The van der Waals surface area contributed by atoms with Crippen LogP contribution in [0.4, 0.5) is 0 Å². The van der Waals surface area contributed by atoms with Crippen LogP contribution in [0.1, 0.15) is 144 Å². The molecule has 0 bridgehead atoms. The Labute approximate surface area is 689 Å². The molecule has 12 aromatic carbocycles. The Morgan fingerprint density at radius 1 is 0.233 bits per heavy atom. The van der Waals surface area contributed by atoms with Gasteiger partial charge in [-0.15, -0.1) is 0 Å². The van der Waals surface area contributed by atoms with Crippen LogP contribution in [-0.4, -0.2) is 0 Å². The van der Waals surface area contributed by atoms with Crippen molar-refractivity contribution in [1.29, 1.82) is 0 Å². The van der Waals surface area contributed by atoms with Crippen molar-refractivity contribution in [3.05, 3.63) is 356 Å². The first-order chi connectivity index (χ1) is 55.5. The highest BCUT2D eigenvalue weighted by Crippen LogP contribution is 2.59. The van der Waals surface area contributed by atoms with Gasteiger partial charge in [0.25, 0.3) is 0 Å². The lowest BCUT2D eigenvalue weighted by molar-refractivity contribution is -0.660. The number of nitrogens with zero attached hydrogens (tertiary/aromatic N) is 4. The van der Waals surface area contributed by atoms with Gasteiger partial charge in [-0.2, -0.15) is 0 Å². The maximum atomic E-state index is 2.46. The Bertz CT molecular complexity index is 6720. The second kappa shape index (κ2) is 29.2. The zero-order valence-corrected chi connectivity index (χ0v) is 72.0. The summed E-state index contributed by atoms with van der Waals surface area (Å²) in [6, 6.07) is 90.9. The molecule has 0 radical (unpaired) electrons. The van der Waals surface area contributed by atoms with Gasteiger partial charge in [0.2, 0.25) is 22.8 Å². The van der Waals surface area contributed by atoms with Gasteiger partial charge >= 0.3 is 0 Å². The molecule has 0 fully saturated rings. The number of pyridine rings is 4. The highest BCUT2D eigenvalue weighted by atomic mass is 14.9. The normalized spacial score (nSPS) is 14.5. The zero-order chi connectivity index (χ0) is 81.3. The van der Waals surface area contributed by atoms with Crippen LogP contribution in [0, 0.1) is 55.4 Å². The van der Waals surface area contributed by atoms with Gasteiger partial charge in [-0.05, 0) is 292 Å². The first-order valence-corrected chi connectivity index (χ1v) is 42.0. The van der Waals surface area contributed by atoms with Crippen LogP contribution in [0.15, 0.2) is 267 Å². The van der Waals surface area contributed by atoms with Crippen molar-refractivity contribution in [2.24, 2.45) is 28.2 Å². The molecular formula is C112H112N4+4. The summed E-state index contributed by atoms with van der Waals surface area (Å²) in [6.45, 7) is 37.0. The monoisotopic (exact) mass is 1510 g/mol. The molecule has 4 heterocycles. The first kappa shape index (κ1) is 76.9. The molecule has 116 heavy (non-hydrogen) atoms. The van der Waals surface area contributed by atoms with Crippen LogP contribution in [0.5, 0.6) is 0 Å². The number of fused-ring (bicyclic) bond motifs is 19. The maximum Gasteiger partial charge on any atom is 0.213 e. The summed E-state index contributed by atoms with van der Waals surface area (Å²) >= 11 is 0. The third kappa shape index (κ3) is 12.9. The van der Waals surface area contributed by atoms with Gasteiger partial charge < -0.3 is 0 Å². The fraction of sp³-hybridized carbons (Fsp3) is 0.250. The molecule has 0 N–H and O–H groups in total. The quantitative estimate of drug-likeness (QED) is 0.156. The van der Waals surface area contributed by atoms with Gasteiger partial charge in [-0.3, -0.25) is 0 Å². The number of hydrogen-bond acceptors (Lipinski definition) is 0. The molecule has 16 aromatic rings. The summed E-state index contributed by atoms with van der Waals surface area (Å²) in [5.74, 6) is 0. The summed E-state index contributed by atoms with van der Waals surface area (Å²) < 4.78 is 8.99. The minimum absolute atomic E-state index is 0.0114. The van der Waals surface area contributed by atoms with E-state index >= 15 is 0 Å². The number of aromatic nitrogens is 4. The topological polar surface area (TPSA) is 15.5 Å². The summed E-state index contributed by atoms with van der Waals surface area (Å²) in [5, 5.41) is 10.7. The van der Waals surface area contributed by atoms with Gasteiger partial charge in [0.05, 0.1) is 11.1 Å². The predicted octanol–water partition coefficient (Wildman–Crippen LogP) is 25.8. The maximum absolute atomic E-state index is 2.46. The third-order valence-electron chi connectivity index (χ3n) is 28.1. The molecule has 0 amide bonds. The smallest absolute Gasteiger partial charge is 0.201 e. The van der Waals surface area contributed by atoms with Crippen LogP contribution in [0.3, 0.4) is 0 Å². The Morgan fingerprint density at radius 3 is 1.16 bits per heavy atom. The van der Waals surface area contributed by atoms with E-state index in [1.54, 1.807) is 0 Å². The van der Waals surface area contributed by atoms with E-state index in [0.29, 0.717) is 0 Å². The van der Waals surface area contributed by atoms with E-state index in [9.17, 15) is 0 Å². The van der Waals surface area contributed by atoms with Gasteiger partial charge in [0.15, 0.2) is 24.8 Å². The van der Waals surface area contributed by atoms with Gasteiger partial charge in [-0.1, -0.05) is 231 Å². The number of aryl methyl sites for hydroxylation is 14. The van der Waals surface area contributed by atoms with Gasteiger partial charge in [0.1, 0.15) is 28.2 Å². The van der Waals surface area contributed by atoms with Gasteiger partial charge in [-0.25, -0.2) is 18.3 Å². The van der Waals surface area contributed by atoms with Crippen molar-refractivity contribution in [1.82, 2.24) is 0 Å². The van der Waals surface area contributed by atoms with E-state index < -0.39 is 0 Å². The first-order valence-electron chi connectivity index (χ1n) is 42.0. The number of rotatable bonds is 4. The Balaban J connectivity index is 0.000000111. The fourth-order valence-corrected chi connectivity index (χ4v) is 20.1. The van der Waals surface area contributed by atoms with Crippen molar-refractivity contribution in [3.8, 4) is 89.5 Å². The van der Waals surface area contributed by atoms with E-state index in [1.807, 2.05) is 0 Å². The molecule has 4 aromatic heterocycles. The SMILES string of the molecule is Cc1cc[n+](C)c(-c2c(C)ccc3c2CCc2cc4ccccc4cc2-3)c1.Cc1cc[n+](C)c(-c2c(C)ccc3c2CCc2ccc4ccccc4c2-3)c1.Cc1cc[n+](C)c(-c2cc3c(cc2C)C(C)(C)C(C)(C)c2c-3ccc3ccccc23)c1.Cc1cc[n+](C)c(-c2cc3c(cc2C)C(C)(C)C(C)(C)c2ccc4ccccc4c2-3)c1. The molecule has 4 heteroatoms. The van der Waals surface area contributed by atoms with Crippen molar-refractivity contribution in [2.75, 3.05) is 0 Å². The Kier molecular flexibility index (Phi) is 19.4. The van der Waals surface area contributed by atoms with Crippen LogP contribution in [0.25, 0.3) is 133 Å². The van der Waals surface area contributed by atoms with E-state index in [4.69, 9.17) is 0 Å². The fourth-order valence-electron chi connectivity index (χ4n) is 20.1. The lowest BCUT2D eigenvalue weighted by atomic mass is 9.54. The molecule has 4 aliphatic carbocycles. The second-order valence-corrected chi connectivity index (χ2v) is 36.4. The average Bonchev–Trinajstić information content (AvgIpc) is 0.608. The predicted molar refractivity (Wildman–Crippen MR) is 489 cm³/mol. The molecule has 4 nitrogen and oxygen atoms in total. The molecule has 0 saturated heterocycles. The van der Waals surface area contributed by atoms with E-state index in [-0.39, 0.29) is 21.7 Å². The Hall–Kier alpha value is -11.7. The zero-order valence-electron chi connectivity index (χ0n) is 72.0. The molecule has 4 aliphatic rings. The second-order valence-electron chi connectivity index (χ2n) is 36.4. The third-order valence-corrected chi connectivity index (χ3v) is 28.1.